The molecule has 20 heavy (non-hydrogen) atoms. The number of phenols is 1. The summed E-state index contributed by atoms with van der Waals surface area (Å²) >= 11 is 1.76. The van der Waals surface area contributed by atoms with E-state index < -0.39 is 0 Å². The molecular weight excluding hydrogens is 266 g/mol. The number of para-hydroxylation sites is 1. The molecule has 0 aliphatic heterocycles. The molecule has 2 aromatic carbocycles. The lowest BCUT2D eigenvalue weighted by atomic mass is 9.87. The van der Waals surface area contributed by atoms with Crippen molar-refractivity contribution >= 4 is 17.4 Å². The minimum Gasteiger partial charge on any atom is -0.508 e. The first-order valence-corrected chi connectivity index (χ1v) is 8.22. The lowest BCUT2D eigenvalue weighted by molar-refractivity contribution is 0.471. The standard InChI is InChI=1S/C17H19NOS/c1-20-17-8-3-2-6-16(17)18-15-7-4-5-12-9-10-13(19)11-14(12)15/h2-3,6,8-11,15,18-19H,4-5,7H2,1H3. The fourth-order valence-corrected chi connectivity index (χ4v) is 3.45. The van der Waals surface area contributed by atoms with Gasteiger partial charge in [-0.25, -0.2) is 0 Å². The maximum atomic E-state index is 9.74. The van der Waals surface area contributed by atoms with Gasteiger partial charge in [-0.1, -0.05) is 18.2 Å². The summed E-state index contributed by atoms with van der Waals surface area (Å²) in [6.07, 6.45) is 5.51. The first-order valence-electron chi connectivity index (χ1n) is 6.99. The van der Waals surface area contributed by atoms with E-state index >= 15 is 0 Å². The van der Waals surface area contributed by atoms with Crippen LogP contribution >= 0.6 is 11.8 Å². The van der Waals surface area contributed by atoms with Gasteiger partial charge in [0.2, 0.25) is 0 Å². The number of fused-ring (bicyclic) bond motifs is 1. The van der Waals surface area contributed by atoms with Crippen LogP contribution in [0.25, 0.3) is 0 Å². The molecule has 0 aromatic heterocycles. The smallest absolute Gasteiger partial charge is 0.115 e. The Bertz CT molecular complexity index is 612. The first kappa shape index (κ1) is 13.4. The van der Waals surface area contributed by atoms with E-state index in [9.17, 15) is 5.11 Å². The Morgan fingerprint density at radius 3 is 2.90 bits per heavy atom. The van der Waals surface area contributed by atoms with Crippen LogP contribution in [0.3, 0.4) is 0 Å². The molecule has 104 valence electrons. The Hall–Kier alpha value is -1.61. The molecule has 1 aliphatic carbocycles. The summed E-state index contributed by atoms with van der Waals surface area (Å²) in [6.45, 7) is 0. The van der Waals surface area contributed by atoms with Gasteiger partial charge in [0.05, 0.1) is 6.04 Å². The number of hydrogen-bond acceptors (Lipinski definition) is 3. The molecule has 0 fully saturated rings. The molecule has 0 saturated heterocycles. The zero-order valence-electron chi connectivity index (χ0n) is 11.6. The van der Waals surface area contributed by atoms with Gasteiger partial charge in [0.15, 0.2) is 0 Å². The molecule has 3 rings (SSSR count). The van der Waals surface area contributed by atoms with Crippen molar-refractivity contribution in [1.29, 1.82) is 0 Å². The molecule has 1 unspecified atom stereocenters. The number of benzene rings is 2. The number of phenolic OH excluding ortho intramolecular Hbond substituents is 1. The highest BCUT2D eigenvalue weighted by Gasteiger charge is 2.21. The SMILES string of the molecule is CSc1ccccc1NC1CCCc2ccc(O)cc21. The van der Waals surface area contributed by atoms with Crippen LogP contribution in [0.1, 0.15) is 30.0 Å². The number of hydrogen-bond donors (Lipinski definition) is 2. The number of anilines is 1. The minimum absolute atomic E-state index is 0.291. The monoisotopic (exact) mass is 285 g/mol. The Kier molecular flexibility index (Phi) is 3.88. The van der Waals surface area contributed by atoms with Crippen molar-refractivity contribution in [2.24, 2.45) is 0 Å². The molecule has 2 nitrogen and oxygen atoms in total. The van der Waals surface area contributed by atoms with E-state index in [2.05, 4.69) is 41.9 Å². The molecule has 0 radical (unpaired) electrons. The largest absolute Gasteiger partial charge is 0.508 e. The van der Waals surface area contributed by atoms with Crippen molar-refractivity contribution < 1.29 is 5.11 Å². The zero-order chi connectivity index (χ0) is 13.9. The lowest BCUT2D eigenvalue weighted by Crippen LogP contribution is -2.17. The lowest BCUT2D eigenvalue weighted by Gasteiger charge is -2.28. The highest BCUT2D eigenvalue weighted by atomic mass is 32.2. The van der Waals surface area contributed by atoms with Crippen LogP contribution in [0.5, 0.6) is 5.75 Å². The van der Waals surface area contributed by atoms with Crippen LogP contribution in [0, 0.1) is 0 Å². The Balaban J connectivity index is 1.91. The molecule has 0 bridgehead atoms. The van der Waals surface area contributed by atoms with Gasteiger partial charge in [-0.05, 0) is 60.9 Å². The molecule has 1 aliphatic rings. The van der Waals surface area contributed by atoms with E-state index in [1.165, 1.54) is 28.1 Å². The summed E-state index contributed by atoms with van der Waals surface area (Å²) in [5.74, 6) is 0.357. The summed E-state index contributed by atoms with van der Waals surface area (Å²) in [6, 6.07) is 14.4. The van der Waals surface area contributed by atoms with E-state index in [0.29, 0.717) is 11.8 Å². The summed E-state index contributed by atoms with van der Waals surface area (Å²) in [7, 11) is 0. The van der Waals surface area contributed by atoms with Gasteiger partial charge in [-0.3, -0.25) is 0 Å². The van der Waals surface area contributed by atoms with Gasteiger partial charge in [0, 0.05) is 10.6 Å². The number of thioether (sulfide) groups is 1. The van der Waals surface area contributed by atoms with Crippen molar-refractivity contribution in [3.63, 3.8) is 0 Å². The minimum atomic E-state index is 0.291. The number of nitrogens with one attached hydrogen (secondary N) is 1. The zero-order valence-corrected chi connectivity index (χ0v) is 12.4. The van der Waals surface area contributed by atoms with E-state index in [1.54, 1.807) is 17.8 Å². The Labute approximate surface area is 124 Å². The number of aryl methyl sites for hydroxylation is 1. The van der Waals surface area contributed by atoms with Crippen molar-refractivity contribution in [1.82, 2.24) is 0 Å². The second kappa shape index (κ2) is 5.80. The van der Waals surface area contributed by atoms with E-state index in [1.807, 2.05) is 6.07 Å². The first-order chi connectivity index (χ1) is 9.78. The maximum absolute atomic E-state index is 9.74. The van der Waals surface area contributed by atoms with Gasteiger partial charge in [0.1, 0.15) is 5.75 Å². The maximum Gasteiger partial charge on any atom is 0.115 e. The third-order valence-electron chi connectivity index (χ3n) is 3.88. The van der Waals surface area contributed by atoms with Crippen molar-refractivity contribution in [3.8, 4) is 5.75 Å². The molecule has 2 aromatic rings. The van der Waals surface area contributed by atoms with Gasteiger partial charge < -0.3 is 10.4 Å². The molecular formula is C17H19NOS. The predicted molar refractivity (Wildman–Crippen MR) is 85.6 cm³/mol. The van der Waals surface area contributed by atoms with Gasteiger partial charge in [-0.15, -0.1) is 11.8 Å². The van der Waals surface area contributed by atoms with Gasteiger partial charge in [-0.2, -0.15) is 0 Å². The summed E-state index contributed by atoms with van der Waals surface area (Å²) in [5.41, 5.74) is 3.78. The predicted octanol–water partition coefficient (Wildman–Crippen LogP) is 4.60. The van der Waals surface area contributed by atoms with Crippen molar-refractivity contribution in [2.45, 2.75) is 30.2 Å². The topological polar surface area (TPSA) is 32.3 Å². The van der Waals surface area contributed by atoms with E-state index in [-0.39, 0.29) is 0 Å². The average molecular weight is 285 g/mol. The van der Waals surface area contributed by atoms with Crippen LogP contribution in [-0.2, 0) is 6.42 Å². The molecule has 0 heterocycles. The average Bonchev–Trinajstić information content (AvgIpc) is 2.48. The normalized spacial score (nSPS) is 17.6. The molecule has 0 saturated carbocycles. The van der Waals surface area contributed by atoms with E-state index in [0.717, 1.165) is 12.8 Å². The fourth-order valence-electron chi connectivity index (χ4n) is 2.89. The third kappa shape index (κ3) is 2.63. The van der Waals surface area contributed by atoms with Crippen molar-refractivity contribution in [3.05, 3.63) is 53.6 Å². The van der Waals surface area contributed by atoms with Crippen LogP contribution < -0.4 is 5.32 Å². The number of rotatable bonds is 3. The second-order valence-electron chi connectivity index (χ2n) is 5.17. The Morgan fingerprint density at radius 2 is 2.05 bits per heavy atom. The van der Waals surface area contributed by atoms with Crippen LogP contribution in [0.15, 0.2) is 47.4 Å². The summed E-state index contributed by atoms with van der Waals surface area (Å²) < 4.78 is 0. The molecule has 1 atom stereocenters. The molecule has 3 heteroatoms. The van der Waals surface area contributed by atoms with Crippen molar-refractivity contribution in [2.75, 3.05) is 11.6 Å². The highest BCUT2D eigenvalue weighted by Crippen LogP contribution is 2.36. The van der Waals surface area contributed by atoms with E-state index in [4.69, 9.17) is 0 Å². The van der Waals surface area contributed by atoms with Crippen LogP contribution in [0.4, 0.5) is 5.69 Å². The number of aromatic hydroxyl groups is 1. The van der Waals surface area contributed by atoms with Crippen LogP contribution in [-0.4, -0.2) is 11.4 Å². The molecule has 2 N–H and O–H groups in total. The third-order valence-corrected chi connectivity index (χ3v) is 4.68. The summed E-state index contributed by atoms with van der Waals surface area (Å²) in [5, 5.41) is 13.4. The fraction of sp³-hybridized carbons (Fsp3) is 0.294. The van der Waals surface area contributed by atoms with Gasteiger partial charge >= 0.3 is 0 Å². The second-order valence-corrected chi connectivity index (χ2v) is 6.02. The van der Waals surface area contributed by atoms with Crippen LogP contribution in [0.2, 0.25) is 0 Å². The quantitative estimate of drug-likeness (QED) is 0.808. The Morgan fingerprint density at radius 1 is 1.20 bits per heavy atom. The molecule has 0 amide bonds. The summed E-state index contributed by atoms with van der Waals surface area (Å²) in [4.78, 5) is 1.26. The highest BCUT2D eigenvalue weighted by molar-refractivity contribution is 7.98. The molecule has 0 spiro atoms. The van der Waals surface area contributed by atoms with Gasteiger partial charge in [0.25, 0.3) is 0 Å².